The molecule has 0 aromatic heterocycles. The van der Waals surface area contributed by atoms with Gasteiger partial charge in [0.15, 0.2) is 0 Å². The monoisotopic (exact) mass is 347 g/mol. The van der Waals surface area contributed by atoms with Gasteiger partial charge >= 0.3 is 6.03 Å². The highest BCUT2D eigenvalue weighted by Crippen LogP contribution is 2.15. The molecule has 1 aromatic carbocycles. The maximum atomic E-state index is 12.2. The molecule has 3 amide bonds. The van der Waals surface area contributed by atoms with Crippen molar-refractivity contribution in [2.24, 2.45) is 0 Å². The first kappa shape index (κ1) is 19.2. The van der Waals surface area contributed by atoms with Crippen molar-refractivity contribution >= 4 is 17.6 Å². The number of rotatable bonds is 6. The number of hydrogen-bond acceptors (Lipinski definition) is 3. The molecule has 1 aliphatic heterocycles. The van der Waals surface area contributed by atoms with Crippen LogP contribution in [0.3, 0.4) is 0 Å². The SMILES string of the molecule is CCC(C)(C)NC(=O)c1ccc(NC(=O)N(C)CC2CCCO2)cc1. The number of anilines is 1. The minimum absolute atomic E-state index is 0.111. The summed E-state index contributed by atoms with van der Waals surface area (Å²) in [5.41, 5.74) is 0.998. The van der Waals surface area contributed by atoms with Crippen molar-refractivity contribution in [2.75, 3.05) is 25.5 Å². The molecule has 1 fully saturated rings. The lowest BCUT2D eigenvalue weighted by Gasteiger charge is -2.24. The van der Waals surface area contributed by atoms with Crippen LogP contribution in [-0.2, 0) is 4.74 Å². The summed E-state index contributed by atoms with van der Waals surface area (Å²) in [6.45, 7) is 7.37. The van der Waals surface area contributed by atoms with E-state index in [1.165, 1.54) is 0 Å². The van der Waals surface area contributed by atoms with Gasteiger partial charge in [0.25, 0.3) is 5.91 Å². The molecule has 1 aliphatic rings. The Morgan fingerprint density at radius 1 is 1.28 bits per heavy atom. The summed E-state index contributed by atoms with van der Waals surface area (Å²) < 4.78 is 5.55. The number of carbonyl (C=O) groups is 2. The molecule has 1 heterocycles. The number of benzene rings is 1. The number of nitrogens with one attached hydrogen (secondary N) is 2. The Kier molecular flexibility index (Phi) is 6.42. The quantitative estimate of drug-likeness (QED) is 0.830. The van der Waals surface area contributed by atoms with Crippen molar-refractivity contribution in [1.82, 2.24) is 10.2 Å². The molecule has 6 heteroatoms. The maximum absolute atomic E-state index is 12.2. The fourth-order valence-corrected chi connectivity index (χ4v) is 2.57. The lowest BCUT2D eigenvalue weighted by molar-refractivity contribution is 0.0894. The van der Waals surface area contributed by atoms with Gasteiger partial charge < -0.3 is 20.3 Å². The summed E-state index contributed by atoms with van der Waals surface area (Å²) in [6.07, 6.45) is 3.03. The summed E-state index contributed by atoms with van der Waals surface area (Å²) in [6, 6.07) is 6.74. The van der Waals surface area contributed by atoms with Gasteiger partial charge in [-0.05, 0) is 57.4 Å². The third-order valence-electron chi connectivity index (χ3n) is 4.58. The third kappa shape index (κ3) is 5.74. The highest BCUT2D eigenvalue weighted by molar-refractivity contribution is 5.95. The van der Waals surface area contributed by atoms with Crippen LogP contribution in [-0.4, -0.2) is 48.7 Å². The van der Waals surface area contributed by atoms with Crippen LogP contribution in [0.4, 0.5) is 10.5 Å². The highest BCUT2D eigenvalue weighted by Gasteiger charge is 2.21. The Morgan fingerprint density at radius 2 is 1.96 bits per heavy atom. The van der Waals surface area contributed by atoms with Crippen LogP contribution in [0, 0.1) is 0 Å². The zero-order valence-electron chi connectivity index (χ0n) is 15.6. The molecular weight excluding hydrogens is 318 g/mol. The van der Waals surface area contributed by atoms with Crippen molar-refractivity contribution in [3.63, 3.8) is 0 Å². The molecular formula is C19H29N3O3. The lowest BCUT2D eigenvalue weighted by atomic mass is 10.0. The second-order valence-corrected chi connectivity index (χ2v) is 7.21. The Morgan fingerprint density at radius 3 is 2.52 bits per heavy atom. The molecule has 0 bridgehead atoms. The summed E-state index contributed by atoms with van der Waals surface area (Å²) >= 11 is 0. The van der Waals surface area contributed by atoms with Crippen LogP contribution in [0.25, 0.3) is 0 Å². The van der Waals surface area contributed by atoms with Gasteiger partial charge in [-0.25, -0.2) is 4.79 Å². The van der Waals surface area contributed by atoms with E-state index in [4.69, 9.17) is 4.74 Å². The molecule has 2 rings (SSSR count). The number of carbonyl (C=O) groups excluding carboxylic acids is 2. The van der Waals surface area contributed by atoms with E-state index in [0.29, 0.717) is 17.8 Å². The van der Waals surface area contributed by atoms with Crippen LogP contribution in [0.15, 0.2) is 24.3 Å². The first-order valence-corrected chi connectivity index (χ1v) is 8.87. The Hall–Kier alpha value is -2.08. The minimum atomic E-state index is -0.241. The minimum Gasteiger partial charge on any atom is -0.376 e. The van der Waals surface area contributed by atoms with Gasteiger partial charge in [0.1, 0.15) is 0 Å². The molecule has 6 nitrogen and oxygen atoms in total. The van der Waals surface area contributed by atoms with Crippen LogP contribution < -0.4 is 10.6 Å². The van der Waals surface area contributed by atoms with Gasteiger partial charge in [-0.15, -0.1) is 0 Å². The summed E-state index contributed by atoms with van der Waals surface area (Å²) in [5, 5.41) is 5.83. The first-order valence-electron chi connectivity index (χ1n) is 8.87. The summed E-state index contributed by atoms with van der Waals surface area (Å²) in [4.78, 5) is 26.1. The van der Waals surface area contributed by atoms with Gasteiger partial charge in [-0.3, -0.25) is 4.79 Å². The molecule has 138 valence electrons. The summed E-state index contributed by atoms with van der Waals surface area (Å²) in [7, 11) is 1.76. The zero-order chi connectivity index (χ0) is 18.4. The van der Waals surface area contributed by atoms with Crippen LogP contribution in [0.5, 0.6) is 0 Å². The van der Waals surface area contributed by atoms with Gasteiger partial charge in [0, 0.05) is 37.0 Å². The fourth-order valence-electron chi connectivity index (χ4n) is 2.57. The van der Waals surface area contributed by atoms with Crippen LogP contribution in [0.1, 0.15) is 50.4 Å². The van der Waals surface area contributed by atoms with Gasteiger partial charge in [0.2, 0.25) is 0 Å². The fraction of sp³-hybridized carbons (Fsp3) is 0.579. The number of likely N-dealkylation sites (N-methyl/N-ethyl adjacent to an activating group) is 1. The second-order valence-electron chi connectivity index (χ2n) is 7.21. The van der Waals surface area contributed by atoms with E-state index < -0.39 is 0 Å². The van der Waals surface area contributed by atoms with E-state index in [0.717, 1.165) is 25.9 Å². The van der Waals surface area contributed by atoms with Gasteiger partial charge in [0.05, 0.1) is 6.10 Å². The van der Waals surface area contributed by atoms with E-state index in [2.05, 4.69) is 10.6 Å². The van der Waals surface area contributed by atoms with Crippen molar-refractivity contribution in [3.05, 3.63) is 29.8 Å². The third-order valence-corrected chi connectivity index (χ3v) is 4.58. The molecule has 0 spiro atoms. The van der Waals surface area contributed by atoms with E-state index in [9.17, 15) is 9.59 Å². The van der Waals surface area contributed by atoms with Crippen LogP contribution in [0.2, 0.25) is 0 Å². The van der Waals surface area contributed by atoms with Gasteiger partial charge in [-0.1, -0.05) is 6.92 Å². The average Bonchev–Trinajstić information content (AvgIpc) is 3.08. The number of nitrogens with zero attached hydrogens (tertiary/aromatic N) is 1. The predicted octanol–water partition coefficient (Wildman–Crippen LogP) is 3.25. The molecule has 0 aliphatic carbocycles. The maximum Gasteiger partial charge on any atom is 0.321 e. The molecule has 1 saturated heterocycles. The molecule has 25 heavy (non-hydrogen) atoms. The number of urea groups is 1. The number of ether oxygens (including phenoxy) is 1. The summed E-state index contributed by atoms with van der Waals surface area (Å²) in [5.74, 6) is -0.111. The molecule has 1 atom stereocenters. The van der Waals surface area contributed by atoms with E-state index in [-0.39, 0.29) is 23.6 Å². The zero-order valence-corrected chi connectivity index (χ0v) is 15.6. The van der Waals surface area contributed by atoms with Crippen molar-refractivity contribution in [2.45, 2.75) is 51.7 Å². The average molecular weight is 347 g/mol. The van der Waals surface area contributed by atoms with Crippen molar-refractivity contribution in [3.8, 4) is 0 Å². The van der Waals surface area contributed by atoms with E-state index in [1.807, 2.05) is 20.8 Å². The van der Waals surface area contributed by atoms with Crippen molar-refractivity contribution in [1.29, 1.82) is 0 Å². The molecule has 2 N–H and O–H groups in total. The van der Waals surface area contributed by atoms with Crippen LogP contribution >= 0.6 is 0 Å². The topological polar surface area (TPSA) is 70.7 Å². The molecule has 1 unspecified atom stereocenters. The van der Waals surface area contributed by atoms with E-state index in [1.54, 1.807) is 36.2 Å². The Balaban J connectivity index is 1.88. The molecule has 0 saturated carbocycles. The lowest BCUT2D eigenvalue weighted by Crippen LogP contribution is -2.42. The number of amides is 3. The predicted molar refractivity (Wildman–Crippen MR) is 98.9 cm³/mol. The smallest absolute Gasteiger partial charge is 0.321 e. The Bertz CT molecular complexity index is 592. The highest BCUT2D eigenvalue weighted by atomic mass is 16.5. The number of hydrogen-bond donors (Lipinski definition) is 2. The van der Waals surface area contributed by atoms with Crippen molar-refractivity contribution < 1.29 is 14.3 Å². The standard InChI is InChI=1S/C19H29N3O3/c1-5-19(2,3)21-17(23)14-8-10-15(11-9-14)20-18(24)22(4)13-16-7-6-12-25-16/h8-11,16H,5-7,12-13H2,1-4H3,(H,20,24)(H,21,23). The van der Waals surface area contributed by atoms with Gasteiger partial charge in [-0.2, -0.15) is 0 Å². The van der Waals surface area contributed by atoms with E-state index >= 15 is 0 Å². The largest absolute Gasteiger partial charge is 0.376 e. The Labute approximate surface area is 149 Å². The molecule has 1 aromatic rings. The normalized spacial score (nSPS) is 17.2. The first-order chi connectivity index (χ1) is 11.8. The second kappa shape index (κ2) is 8.34. The molecule has 0 radical (unpaired) electrons.